The Bertz CT molecular complexity index is 1340. The van der Waals surface area contributed by atoms with Gasteiger partial charge in [-0.25, -0.2) is 0 Å². The first-order chi connectivity index (χ1) is 37.0. The SMILES string of the molecule is CCC/C=C\CCCCCCCC(=O)OCC(COC(=O)CCCCCCCCCCCCCCCCCCCCC/C=C\C/C=C\CCCCCCC)OC(=O)CCCCCCC/C=C\C/C=C\CCCCCC. The fraction of sp³-hybridized carbons (Fsp3) is 0.812. The number of esters is 3. The molecule has 0 bridgehead atoms. The highest BCUT2D eigenvalue weighted by Gasteiger charge is 2.19. The third-order valence-electron chi connectivity index (χ3n) is 14.4. The number of ether oxygens (including phenoxy) is 3. The van der Waals surface area contributed by atoms with Crippen molar-refractivity contribution in [3.8, 4) is 0 Å². The molecule has 0 N–H and O–H groups in total. The van der Waals surface area contributed by atoms with Crippen molar-refractivity contribution in [1.29, 1.82) is 0 Å². The molecule has 0 spiro atoms. The van der Waals surface area contributed by atoms with Gasteiger partial charge in [0.05, 0.1) is 0 Å². The van der Waals surface area contributed by atoms with Crippen molar-refractivity contribution in [3.63, 3.8) is 0 Å². The minimum Gasteiger partial charge on any atom is -0.462 e. The first-order valence-corrected chi connectivity index (χ1v) is 32.8. The van der Waals surface area contributed by atoms with Crippen LogP contribution in [0.1, 0.15) is 342 Å². The van der Waals surface area contributed by atoms with Gasteiger partial charge < -0.3 is 14.2 Å². The van der Waals surface area contributed by atoms with Crippen LogP contribution in [0.3, 0.4) is 0 Å². The lowest BCUT2D eigenvalue weighted by Gasteiger charge is -2.18. The Balaban J connectivity index is 4.10. The predicted octanol–water partition coefficient (Wildman–Crippen LogP) is 22.3. The van der Waals surface area contributed by atoms with E-state index in [0.29, 0.717) is 19.3 Å². The van der Waals surface area contributed by atoms with Crippen LogP contribution in [0.4, 0.5) is 0 Å². The van der Waals surface area contributed by atoms with Crippen LogP contribution in [0.5, 0.6) is 0 Å². The summed E-state index contributed by atoms with van der Waals surface area (Å²) in [4.78, 5) is 38.2. The molecular weight excluding hydrogens is 925 g/mol. The van der Waals surface area contributed by atoms with Crippen LogP contribution in [0.2, 0.25) is 0 Å². The average Bonchev–Trinajstić information content (AvgIpc) is 3.41. The Morgan fingerprint density at radius 1 is 0.267 bits per heavy atom. The Kier molecular flexibility index (Phi) is 61.2. The second kappa shape index (κ2) is 63.6. The lowest BCUT2D eigenvalue weighted by Crippen LogP contribution is -2.30. The summed E-state index contributed by atoms with van der Waals surface area (Å²) in [7, 11) is 0. The molecule has 0 aliphatic carbocycles. The second-order valence-electron chi connectivity index (χ2n) is 22.0. The van der Waals surface area contributed by atoms with E-state index >= 15 is 0 Å². The average molecular weight is 1050 g/mol. The van der Waals surface area contributed by atoms with Gasteiger partial charge in [0.2, 0.25) is 0 Å². The van der Waals surface area contributed by atoms with E-state index < -0.39 is 6.10 Å². The largest absolute Gasteiger partial charge is 0.462 e. The third kappa shape index (κ3) is 61.8. The molecule has 0 saturated heterocycles. The van der Waals surface area contributed by atoms with Crippen LogP contribution in [0.25, 0.3) is 0 Å². The van der Waals surface area contributed by atoms with Crippen molar-refractivity contribution in [3.05, 3.63) is 60.8 Å². The molecule has 0 aliphatic heterocycles. The molecule has 436 valence electrons. The predicted molar refractivity (Wildman–Crippen MR) is 325 cm³/mol. The van der Waals surface area contributed by atoms with Crippen LogP contribution in [-0.4, -0.2) is 37.2 Å². The number of allylic oxidation sites excluding steroid dienone is 10. The molecular formula is C69H124O6. The molecule has 6 nitrogen and oxygen atoms in total. The number of hydrogen-bond acceptors (Lipinski definition) is 6. The van der Waals surface area contributed by atoms with E-state index in [1.165, 1.54) is 199 Å². The topological polar surface area (TPSA) is 78.9 Å². The summed E-state index contributed by atoms with van der Waals surface area (Å²) in [6.45, 7) is 6.57. The number of carbonyl (C=O) groups is 3. The summed E-state index contributed by atoms with van der Waals surface area (Å²) in [5, 5.41) is 0. The van der Waals surface area contributed by atoms with Gasteiger partial charge in [0, 0.05) is 19.3 Å². The van der Waals surface area contributed by atoms with Gasteiger partial charge in [-0.05, 0) is 103 Å². The molecule has 75 heavy (non-hydrogen) atoms. The summed E-state index contributed by atoms with van der Waals surface area (Å²) >= 11 is 0. The van der Waals surface area contributed by atoms with Crippen LogP contribution in [-0.2, 0) is 28.6 Å². The van der Waals surface area contributed by atoms with Gasteiger partial charge in [-0.15, -0.1) is 0 Å². The summed E-state index contributed by atoms with van der Waals surface area (Å²) < 4.78 is 16.9. The Hall–Kier alpha value is -2.89. The lowest BCUT2D eigenvalue weighted by atomic mass is 10.0. The fourth-order valence-corrected chi connectivity index (χ4v) is 9.51. The van der Waals surface area contributed by atoms with E-state index in [4.69, 9.17) is 14.2 Å². The van der Waals surface area contributed by atoms with Gasteiger partial charge in [-0.1, -0.05) is 281 Å². The minimum absolute atomic E-state index is 0.0797. The number of rotatable bonds is 60. The van der Waals surface area contributed by atoms with E-state index in [1.807, 2.05) is 0 Å². The van der Waals surface area contributed by atoms with E-state index in [2.05, 4.69) is 81.5 Å². The minimum atomic E-state index is -0.783. The van der Waals surface area contributed by atoms with E-state index in [9.17, 15) is 14.4 Å². The second-order valence-corrected chi connectivity index (χ2v) is 22.0. The van der Waals surface area contributed by atoms with Gasteiger partial charge in [0.15, 0.2) is 6.10 Å². The molecule has 0 saturated carbocycles. The van der Waals surface area contributed by atoms with Crippen molar-refractivity contribution in [2.24, 2.45) is 0 Å². The maximum atomic E-state index is 12.9. The number of carbonyl (C=O) groups excluding carboxylic acids is 3. The summed E-state index contributed by atoms with van der Waals surface area (Å²) in [6.07, 6.45) is 81.1. The molecule has 0 aliphatic rings. The Morgan fingerprint density at radius 3 is 0.813 bits per heavy atom. The Morgan fingerprint density at radius 2 is 0.507 bits per heavy atom. The first kappa shape index (κ1) is 72.1. The quantitative estimate of drug-likeness (QED) is 0.0261. The van der Waals surface area contributed by atoms with Crippen LogP contribution >= 0.6 is 0 Å². The van der Waals surface area contributed by atoms with E-state index in [0.717, 1.165) is 103 Å². The zero-order valence-electron chi connectivity index (χ0n) is 50.1. The van der Waals surface area contributed by atoms with Gasteiger partial charge >= 0.3 is 17.9 Å². The molecule has 1 atom stereocenters. The highest BCUT2D eigenvalue weighted by atomic mass is 16.6. The number of hydrogen-bond donors (Lipinski definition) is 0. The van der Waals surface area contributed by atoms with Crippen LogP contribution < -0.4 is 0 Å². The Labute approximate surface area is 466 Å². The molecule has 0 aromatic rings. The van der Waals surface area contributed by atoms with Crippen molar-refractivity contribution >= 4 is 17.9 Å². The fourth-order valence-electron chi connectivity index (χ4n) is 9.51. The normalized spacial score (nSPS) is 12.4. The molecule has 0 aromatic heterocycles. The molecule has 6 heteroatoms. The molecule has 0 heterocycles. The van der Waals surface area contributed by atoms with Crippen molar-refractivity contribution in [2.75, 3.05) is 13.2 Å². The lowest BCUT2D eigenvalue weighted by molar-refractivity contribution is -0.167. The highest BCUT2D eigenvalue weighted by molar-refractivity contribution is 5.71. The zero-order chi connectivity index (χ0) is 54.3. The standard InChI is InChI=1S/C69H124O6/c1-4-7-10-13-16-19-22-24-26-28-29-30-31-32-33-34-35-36-37-38-39-40-41-42-44-45-47-50-53-56-59-62-68(71)74-65-66(64-73-67(70)61-58-55-52-49-21-18-15-12-9-6-3)75-69(72)63-60-57-54-51-48-46-43-27-25-23-20-17-14-11-8-5-2/h12,15,20,22-24,27-29,43,66H,4-11,13-14,16-19,21,25-26,30-42,44-65H2,1-3H3/b15-12-,23-20-,24-22-,29-28-,43-27-. The van der Waals surface area contributed by atoms with E-state index in [-0.39, 0.29) is 31.1 Å². The number of unbranched alkanes of at least 4 members (excludes halogenated alkanes) is 39. The molecule has 1 unspecified atom stereocenters. The molecule has 0 rings (SSSR count). The molecule has 0 aromatic carbocycles. The monoisotopic (exact) mass is 1050 g/mol. The summed E-state index contributed by atoms with van der Waals surface area (Å²) in [5.41, 5.74) is 0. The molecule has 0 fully saturated rings. The smallest absolute Gasteiger partial charge is 0.306 e. The third-order valence-corrected chi connectivity index (χ3v) is 14.4. The van der Waals surface area contributed by atoms with Crippen molar-refractivity contribution in [2.45, 2.75) is 348 Å². The van der Waals surface area contributed by atoms with Crippen molar-refractivity contribution < 1.29 is 28.6 Å². The van der Waals surface area contributed by atoms with Crippen LogP contribution in [0, 0.1) is 0 Å². The van der Waals surface area contributed by atoms with Gasteiger partial charge in [0.1, 0.15) is 13.2 Å². The zero-order valence-corrected chi connectivity index (χ0v) is 50.1. The van der Waals surface area contributed by atoms with Gasteiger partial charge in [0.25, 0.3) is 0 Å². The van der Waals surface area contributed by atoms with Crippen molar-refractivity contribution in [1.82, 2.24) is 0 Å². The molecule has 0 amide bonds. The van der Waals surface area contributed by atoms with Gasteiger partial charge in [-0.2, -0.15) is 0 Å². The maximum absolute atomic E-state index is 12.9. The van der Waals surface area contributed by atoms with E-state index in [1.54, 1.807) is 0 Å². The highest BCUT2D eigenvalue weighted by Crippen LogP contribution is 2.17. The van der Waals surface area contributed by atoms with Gasteiger partial charge in [-0.3, -0.25) is 14.4 Å². The summed E-state index contributed by atoms with van der Waals surface area (Å²) in [6, 6.07) is 0. The first-order valence-electron chi connectivity index (χ1n) is 32.8. The molecule has 0 radical (unpaired) electrons. The summed E-state index contributed by atoms with van der Waals surface area (Å²) in [5.74, 6) is -0.890. The maximum Gasteiger partial charge on any atom is 0.306 e. The van der Waals surface area contributed by atoms with Crippen LogP contribution in [0.15, 0.2) is 60.8 Å².